The fraction of sp³-hybridized carbons (Fsp3) is 0.250. The van der Waals surface area contributed by atoms with Gasteiger partial charge in [0.25, 0.3) is 0 Å². The van der Waals surface area contributed by atoms with Gasteiger partial charge in [0.2, 0.25) is 0 Å². The van der Waals surface area contributed by atoms with Gasteiger partial charge in [-0.05, 0) is 43.5 Å². The average molecular weight is 298 g/mol. The Morgan fingerprint density at radius 3 is 2.48 bits per heavy atom. The van der Waals surface area contributed by atoms with E-state index in [0.29, 0.717) is 0 Å². The highest BCUT2D eigenvalue weighted by Crippen LogP contribution is 2.30. The van der Waals surface area contributed by atoms with Crippen LogP contribution in [-0.2, 0) is 7.05 Å². The number of thioether (sulfide) groups is 1. The smallest absolute Gasteiger partial charge is 0.161 e. The molecule has 2 aromatic heterocycles. The second kappa shape index (κ2) is 5.41. The van der Waals surface area contributed by atoms with Gasteiger partial charge < -0.3 is 9.47 Å². The summed E-state index contributed by atoms with van der Waals surface area (Å²) in [4.78, 5) is 12.5. The molecule has 0 radical (unpaired) electrons. The summed E-state index contributed by atoms with van der Waals surface area (Å²) < 4.78 is 2.07. The molecule has 0 spiro atoms. The van der Waals surface area contributed by atoms with Gasteiger partial charge in [-0.15, -0.1) is 11.8 Å². The van der Waals surface area contributed by atoms with E-state index in [-0.39, 0.29) is 0 Å². The molecule has 0 saturated heterocycles. The van der Waals surface area contributed by atoms with Gasteiger partial charge in [0.1, 0.15) is 11.3 Å². The molecule has 21 heavy (non-hydrogen) atoms. The summed E-state index contributed by atoms with van der Waals surface area (Å²) in [6.45, 7) is 1.93. The Kier molecular flexibility index (Phi) is 3.59. The van der Waals surface area contributed by atoms with Crippen molar-refractivity contribution in [2.24, 2.45) is 7.05 Å². The molecule has 0 aliphatic rings. The third kappa shape index (κ3) is 2.49. The van der Waals surface area contributed by atoms with E-state index >= 15 is 0 Å². The van der Waals surface area contributed by atoms with E-state index in [2.05, 4.69) is 50.0 Å². The van der Waals surface area contributed by atoms with Crippen molar-refractivity contribution in [1.29, 1.82) is 0 Å². The largest absolute Gasteiger partial charge is 0.346 e. The molecule has 0 unspecified atom stereocenters. The minimum atomic E-state index is 0.788. The van der Waals surface area contributed by atoms with E-state index in [1.165, 1.54) is 4.90 Å². The van der Waals surface area contributed by atoms with Crippen LogP contribution in [0.4, 0.5) is 11.5 Å². The molecule has 0 aliphatic carbocycles. The van der Waals surface area contributed by atoms with Gasteiger partial charge in [-0.1, -0.05) is 0 Å². The Morgan fingerprint density at radius 1 is 1.10 bits per heavy atom. The number of fused-ring (bicyclic) bond motifs is 1. The van der Waals surface area contributed by atoms with Crippen molar-refractivity contribution in [3.05, 3.63) is 42.4 Å². The summed E-state index contributed by atoms with van der Waals surface area (Å²) in [6, 6.07) is 10.5. The second-order valence-electron chi connectivity index (χ2n) is 5.01. The van der Waals surface area contributed by atoms with E-state index in [9.17, 15) is 0 Å². The highest BCUT2D eigenvalue weighted by molar-refractivity contribution is 7.98. The minimum Gasteiger partial charge on any atom is -0.346 e. The maximum absolute atomic E-state index is 4.64. The van der Waals surface area contributed by atoms with E-state index in [4.69, 9.17) is 0 Å². The van der Waals surface area contributed by atoms with Crippen molar-refractivity contribution in [2.45, 2.75) is 11.8 Å². The monoisotopic (exact) mass is 298 g/mol. The first-order valence-electron chi connectivity index (χ1n) is 6.77. The topological polar surface area (TPSA) is 34.0 Å². The maximum atomic E-state index is 4.64. The molecule has 0 N–H and O–H groups in total. The van der Waals surface area contributed by atoms with Gasteiger partial charge in [0.15, 0.2) is 5.82 Å². The fourth-order valence-electron chi connectivity index (χ4n) is 2.45. The van der Waals surface area contributed by atoms with E-state index in [0.717, 1.165) is 28.4 Å². The molecule has 3 aromatic rings. The van der Waals surface area contributed by atoms with Crippen LogP contribution >= 0.6 is 11.8 Å². The van der Waals surface area contributed by atoms with Crippen LogP contribution in [0.2, 0.25) is 0 Å². The van der Waals surface area contributed by atoms with Gasteiger partial charge in [-0.25, -0.2) is 9.97 Å². The molecular formula is C16H18N4S. The molecule has 108 valence electrons. The molecule has 0 fully saturated rings. The van der Waals surface area contributed by atoms with Crippen molar-refractivity contribution in [3.63, 3.8) is 0 Å². The van der Waals surface area contributed by atoms with Crippen LogP contribution in [0.25, 0.3) is 11.0 Å². The molecule has 0 amide bonds. The Hall–Kier alpha value is -2.01. The molecule has 1 aromatic carbocycles. The van der Waals surface area contributed by atoms with E-state index in [1.54, 1.807) is 11.8 Å². The maximum Gasteiger partial charge on any atom is 0.161 e. The van der Waals surface area contributed by atoms with Crippen LogP contribution in [-0.4, -0.2) is 27.8 Å². The molecular weight excluding hydrogens is 280 g/mol. The van der Waals surface area contributed by atoms with E-state index in [1.807, 2.05) is 33.3 Å². The number of hydrogen-bond donors (Lipinski definition) is 0. The van der Waals surface area contributed by atoms with Crippen LogP contribution in [0.1, 0.15) is 5.82 Å². The number of rotatable bonds is 3. The van der Waals surface area contributed by atoms with Crippen molar-refractivity contribution < 1.29 is 0 Å². The Labute approximate surface area is 128 Å². The van der Waals surface area contributed by atoms with Gasteiger partial charge in [0.05, 0.1) is 5.52 Å². The van der Waals surface area contributed by atoms with Crippen LogP contribution in [0, 0.1) is 6.92 Å². The van der Waals surface area contributed by atoms with Crippen molar-refractivity contribution in [1.82, 2.24) is 14.5 Å². The molecule has 3 rings (SSSR count). The van der Waals surface area contributed by atoms with Gasteiger partial charge in [-0.3, -0.25) is 0 Å². The average Bonchev–Trinajstić information content (AvgIpc) is 2.87. The molecule has 0 aliphatic heterocycles. The van der Waals surface area contributed by atoms with Crippen LogP contribution in [0.15, 0.2) is 41.4 Å². The number of benzene rings is 1. The molecule has 0 bridgehead atoms. The Morgan fingerprint density at radius 2 is 1.81 bits per heavy atom. The predicted molar refractivity (Wildman–Crippen MR) is 89.5 cm³/mol. The first kappa shape index (κ1) is 13.9. The first-order valence-corrected chi connectivity index (χ1v) is 8.00. The lowest BCUT2D eigenvalue weighted by Crippen LogP contribution is -2.13. The summed E-state index contributed by atoms with van der Waals surface area (Å²) in [7, 11) is 4.07. The number of aromatic nitrogens is 3. The molecule has 2 heterocycles. The van der Waals surface area contributed by atoms with Gasteiger partial charge >= 0.3 is 0 Å². The lowest BCUT2D eigenvalue weighted by molar-refractivity contribution is 0.948. The summed E-state index contributed by atoms with van der Waals surface area (Å²) in [6.07, 6.45) is 4.10. The van der Waals surface area contributed by atoms with Crippen LogP contribution in [0.5, 0.6) is 0 Å². The molecule has 0 saturated carbocycles. The zero-order valence-corrected chi connectivity index (χ0v) is 13.5. The van der Waals surface area contributed by atoms with Gasteiger partial charge in [0, 0.05) is 30.9 Å². The summed E-state index contributed by atoms with van der Waals surface area (Å²) >= 11 is 1.75. The third-order valence-electron chi connectivity index (χ3n) is 3.59. The Bertz CT molecular complexity index is 777. The minimum absolute atomic E-state index is 0.788. The zero-order chi connectivity index (χ0) is 15.0. The molecule has 0 atom stereocenters. The quantitative estimate of drug-likeness (QED) is 0.689. The molecule has 4 nitrogen and oxygen atoms in total. The highest BCUT2D eigenvalue weighted by atomic mass is 32.2. The first-order chi connectivity index (χ1) is 10.1. The summed E-state index contributed by atoms with van der Waals surface area (Å²) in [5.41, 5.74) is 3.15. The van der Waals surface area contributed by atoms with Crippen molar-refractivity contribution >= 4 is 34.3 Å². The lowest BCUT2D eigenvalue weighted by atomic mass is 10.3. The fourth-order valence-corrected chi connectivity index (χ4v) is 2.85. The van der Waals surface area contributed by atoms with Gasteiger partial charge in [-0.2, -0.15) is 0 Å². The normalized spacial score (nSPS) is 11.0. The standard InChI is InChI=1S/C16H18N4S/c1-11-17-14-9-10-19(2)15(14)16(18-11)20(3)12-5-7-13(21-4)8-6-12/h5-10H,1-4H3. The SMILES string of the molecule is CSc1ccc(N(C)c2nc(C)nc3ccn(C)c23)cc1. The van der Waals surface area contributed by atoms with Crippen LogP contribution in [0.3, 0.4) is 0 Å². The summed E-state index contributed by atoms with van der Waals surface area (Å²) in [5.74, 6) is 1.72. The number of nitrogens with zero attached hydrogens (tertiary/aromatic N) is 4. The predicted octanol–water partition coefficient (Wildman–Crippen LogP) is 3.77. The molecule has 5 heteroatoms. The zero-order valence-electron chi connectivity index (χ0n) is 12.7. The van der Waals surface area contributed by atoms with E-state index < -0.39 is 0 Å². The number of anilines is 2. The lowest BCUT2D eigenvalue weighted by Gasteiger charge is -2.20. The highest BCUT2D eigenvalue weighted by Gasteiger charge is 2.14. The van der Waals surface area contributed by atoms with Crippen molar-refractivity contribution in [2.75, 3.05) is 18.2 Å². The number of hydrogen-bond acceptors (Lipinski definition) is 4. The van der Waals surface area contributed by atoms with Crippen molar-refractivity contribution in [3.8, 4) is 0 Å². The second-order valence-corrected chi connectivity index (χ2v) is 5.89. The Balaban J connectivity index is 2.11. The summed E-state index contributed by atoms with van der Waals surface area (Å²) in [5, 5.41) is 0. The van der Waals surface area contributed by atoms with Crippen LogP contribution < -0.4 is 4.90 Å². The third-order valence-corrected chi connectivity index (χ3v) is 4.33. The number of aryl methyl sites for hydroxylation is 2.